The van der Waals surface area contributed by atoms with Crippen molar-refractivity contribution >= 4 is 21.6 Å². The fourth-order valence-corrected chi connectivity index (χ4v) is 3.66. The molecule has 0 spiro atoms. The summed E-state index contributed by atoms with van der Waals surface area (Å²) >= 11 is 0. The highest BCUT2D eigenvalue weighted by Crippen LogP contribution is 2.22. The molecule has 0 saturated heterocycles. The van der Waals surface area contributed by atoms with E-state index in [4.69, 9.17) is 0 Å². The molecule has 8 nitrogen and oxygen atoms in total. The molecular weight excluding hydrogens is 414 g/mol. The van der Waals surface area contributed by atoms with E-state index in [1.807, 2.05) is 42.5 Å². The molecule has 4 rings (SSSR count). The number of carbonyl (C=O) groups excluding carboxylic acids is 1. The van der Waals surface area contributed by atoms with Crippen LogP contribution >= 0.6 is 0 Å². The molecule has 3 N–H and O–H groups in total. The highest BCUT2D eigenvalue weighted by molar-refractivity contribution is 7.89. The minimum Gasteiger partial charge on any atom is -0.322 e. The number of carbonyl (C=O) groups is 1. The number of H-pyrrole nitrogens is 1. The van der Waals surface area contributed by atoms with Crippen molar-refractivity contribution in [2.75, 3.05) is 12.4 Å². The van der Waals surface area contributed by atoms with Crippen LogP contribution in [0.2, 0.25) is 0 Å². The summed E-state index contributed by atoms with van der Waals surface area (Å²) < 4.78 is 25.8. The Morgan fingerprint density at radius 1 is 0.871 bits per heavy atom. The van der Waals surface area contributed by atoms with E-state index in [0.29, 0.717) is 22.9 Å². The van der Waals surface area contributed by atoms with E-state index >= 15 is 0 Å². The Balaban J connectivity index is 1.45. The van der Waals surface area contributed by atoms with Gasteiger partial charge in [-0.2, -0.15) is 5.10 Å². The van der Waals surface area contributed by atoms with Crippen molar-refractivity contribution in [1.82, 2.24) is 19.9 Å². The van der Waals surface area contributed by atoms with Gasteiger partial charge in [0.2, 0.25) is 10.0 Å². The van der Waals surface area contributed by atoms with Crippen LogP contribution in [0.4, 0.5) is 5.69 Å². The lowest BCUT2D eigenvalue weighted by Gasteiger charge is -2.07. The molecule has 9 heteroatoms. The molecule has 0 radical (unpaired) electrons. The topological polar surface area (TPSA) is 117 Å². The van der Waals surface area contributed by atoms with Gasteiger partial charge in [0, 0.05) is 22.4 Å². The second-order valence-corrected chi connectivity index (χ2v) is 8.52. The third-order valence-corrected chi connectivity index (χ3v) is 6.06. The molecule has 31 heavy (non-hydrogen) atoms. The first-order chi connectivity index (χ1) is 15.0. The Labute approximate surface area is 179 Å². The first-order valence-corrected chi connectivity index (χ1v) is 10.9. The molecule has 0 atom stereocenters. The number of nitrogens with zero attached hydrogens (tertiary/aromatic N) is 2. The van der Waals surface area contributed by atoms with Crippen LogP contribution < -0.4 is 10.0 Å². The SMILES string of the molecule is CNS(=O)(=O)c1ccc(C(=O)Nc2ccc(-c3nc(-c4ccccc4)n[nH]3)cc2)cc1. The lowest BCUT2D eigenvalue weighted by Crippen LogP contribution is -2.19. The number of anilines is 1. The summed E-state index contributed by atoms with van der Waals surface area (Å²) in [5.74, 6) is 0.891. The van der Waals surface area contributed by atoms with E-state index in [0.717, 1.165) is 11.1 Å². The van der Waals surface area contributed by atoms with Gasteiger partial charge in [0.05, 0.1) is 4.90 Å². The molecular formula is C22H19N5O3S. The summed E-state index contributed by atoms with van der Waals surface area (Å²) in [5, 5.41) is 9.97. The van der Waals surface area contributed by atoms with Crippen LogP contribution in [0.3, 0.4) is 0 Å². The minimum atomic E-state index is -3.54. The van der Waals surface area contributed by atoms with Crippen molar-refractivity contribution in [3.05, 3.63) is 84.4 Å². The Bertz CT molecular complexity index is 1300. The Kier molecular flexibility index (Phi) is 5.61. The van der Waals surface area contributed by atoms with Gasteiger partial charge in [0.1, 0.15) is 0 Å². The molecule has 0 fully saturated rings. The van der Waals surface area contributed by atoms with Gasteiger partial charge >= 0.3 is 0 Å². The number of benzene rings is 3. The number of aromatic amines is 1. The molecule has 4 aromatic rings. The number of nitrogens with one attached hydrogen (secondary N) is 3. The molecule has 3 aromatic carbocycles. The number of aromatic nitrogens is 3. The van der Waals surface area contributed by atoms with Crippen LogP contribution in [0.15, 0.2) is 83.8 Å². The molecule has 1 aromatic heterocycles. The summed E-state index contributed by atoms with van der Waals surface area (Å²) in [6.07, 6.45) is 0. The third-order valence-electron chi connectivity index (χ3n) is 4.63. The molecule has 0 aliphatic rings. The summed E-state index contributed by atoms with van der Waals surface area (Å²) in [4.78, 5) is 17.1. The quantitative estimate of drug-likeness (QED) is 0.431. The van der Waals surface area contributed by atoms with E-state index in [2.05, 4.69) is 25.2 Å². The zero-order valence-electron chi connectivity index (χ0n) is 16.5. The van der Waals surface area contributed by atoms with Crippen LogP contribution in [0.1, 0.15) is 10.4 Å². The largest absolute Gasteiger partial charge is 0.322 e. The highest BCUT2D eigenvalue weighted by atomic mass is 32.2. The van der Waals surface area contributed by atoms with Gasteiger partial charge in [-0.25, -0.2) is 18.1 Å². The lowest BCUT2D eigenvalue weighted by molar-refractivity contribution is 0.102. The molecule has 1 amide bonds. The molecule has 0 aliphatic carbocycles. The average Bonchev–Trinajstić information content (AvgIpc) is 3.30. The van der Waals surface area contributed by atoms with E-state index in [1.54, 1.807) is 12.1 Å². The second-order valence-electron chi connectivity index (χ2n) is 6.64. The van der Waals surface area contributed by atoms with Crippen LogP contribution in [0.25, 0.3) is 22.8 Å². The molecule has 0 saturated carbocycles. The predicted molar refractivity (Wildman–Crippen MR) is 118 cm³/mol. The molecule has 0 unspecified atom stereocenters. The van der Waals surface area contributed by atoms with Crippen molar-refractivity contribution in [2.45, 2.75) is 4.90 Å². The second kappa shape index (κ2) is 8.50. The van der Waals surface area contributed by atoms with Crippen molar-refractivity contribution in [3.63, 3.8) is 0 Å². The van der Waals surface area contributed by atoms with Gasteiger partial charge in [-0.3, -0.25) is 9.89 Å². The van der Waals surface area contributed by atoms with Crippen molar-refractivity contribution in [2.24, 2.45) is 0 Å². The summed E-state index contributed by atoms with van der Waals surface area (Å²) in [5.41, 5.74) is 2.70. The number of sulfonamides is 1. The summed E-state index contributed by atoms with van der Waals surface area (Å²) in [7, 11) is -2.21. The Hall–Kier alpha value is -3.82. The number of hydrogen-bond acceptors (Lipinski definition) is 5. The van der Waals surface area contributed by atoms with Crippen LogP contribution in [-0.4, -0.2) is 36.6 Å². The summed E-state index contributed by atoms with van der Waals surface area (Å²) in [6, 6.07) is 22.5. The van der Waals surface area contributed by atoms with E-state index in [1.165, 1.54) is 31.3 Å². The predicted octanol–water partition coefficient (Wildman–Crippen LogP) is 3.30. The Morgan fingerprint density at radius 2 is 1.55 bits per heavy atom. The van der Waals surface area contributed by atoms with Crippen molar-refractivity contribution < 1.29 is 13.2 Å². The van der Waals surface area contributed by atoms with Crippen LogP contribution in [0.5, 0.6) is 0 Å². The van der Waals surface area contributed by atoms with Crippen molar-refractivity contribution in [1.29, 1.82) is 0 Å². The number of rotatable bonds is 6. The first-order valence-electron chi connectivity index (χ1n) is 9.39. The molecule has 0 aliphatic heterocycles. The third kappa shape index (κ3) is 4.52. The minimum absolute atomic E-state index is 0.0952. The van der Waals surface area contributed by atoms with Crippen LogP contribution in [-0.2, 0) is 10.0 Å². The lowest BCUT2D eigenvalue weighted by atomic mass is 10.1. The monoisotopic (exact) mass is 433 g/mol. The maximum Gasteiger partial charge on any atom is 0.255 e. The van der Waals surface area contributed by atoms with Gasteiger partial charge in [0.25, 0.3) is 5.91 Å². The molecule has 0 bridgehead atoms. The zero-order chi connectivity index (χ0) is 21.8. The fourth-order valence-electron chi connectivity index (χ4n) is 2.93. The molecule has 156 valence electrons. The zero-order valence-corrected chi connectivity index (χ0v) is 17.3. The first kappa shape index (κ1) is 20.5. The maximum atomic E-state index is 12.5. The van der Waals surface area contributed by atoms with Gasteiger partial charge in [-0.1, -0.05) is 30.3 Å². The normalized spacial score (nSPS) is 11.3. The van der Waals surface area contributed by atoms with Crippen molar-refractivity contribution in [3.8, 4) is 22.8 Å². The fraction of sp³-hybridized carbons (Fsp3) is 0.0455. The van der Waals surface area contributed by atoms with Gasteiger partial charge in [-0.15, -0.1) is 0 Å². The van der Waals surface area contributed by atoms with Gasteiger partial charge < -0.3 is 5.32 Å². The average molecular weight is 433 g/mol. The smallest absolute Gasteiger partial charge is 0.255 e. The van der Waals surface area contributed by atoms with E-state index in [-0.39, 0.29) is 10.8 Å². The molecule has 1 heterocycles. The summed E-state index contributed by atoms with van der Waals surface area (Å²) in [6.45, 7) is 0. The van der Waals surface area contributed by atoms with E-state index < -0.39 is 10.0 Å². The Morgan fingerprint density at radius 3 is 2.19 bits per heavy atom. The highest BCUT2D eigenvalue weighted by Gasteiger charge is 2.13. The standard InChI is InChI=1S/C22H19N5O3S/c1-23-31(29,30)19-13-9-17(10-14-19)22(28)24-18-11-7-16(8-12-18)21-25-20(26-27-21)15-5-3-2-4-6-15/h2-14,23H,1H3,(H,24,28)(H,25,26,27). The van der Waals surface area contributed by atoms with Crippen LogP contribution in [0, 0.1) is 0 Å². The van der Waals surface area contributed by atoms with Gasteiger partial charge in [-0.05, 0) is 55.6 Å². The number of hydrogen-bond donors (Lipinski definition) is 3. The number of amides is 1. The van der Waals surface area contributed by atoms with E-state index in [9.17, 15) is 13.2 Å². The maximum absolute atomic E-state index is 12.5. The van der Waals surface area contributed by atoms with Gasteiger partial charge in [0.15, 0.2) is 11.6 Å².